The van der Waals surface area contributed by atoms with Crippen molar-refractivity contribution in [3.63, 3.8) is 0 Å². The highest BCUT2D eigenvalue weighted by molar-refractivity contribution is 7.91. The molecule has 1 heterocycles. The van der Waals surface area contributed by atoms with Crippen LogP contribution < -0.4 is 5.32 Å². The maximum absolute atomic E-state index is 11.8. The highest BCUT2D eigenvalue weighted by Gasteiger charge is 2.25. The molecule has 0 spiro atoms. The number of aryl methyl sites for hydroxylation is 1. The Morgan fingerprint density at radius 2 is 2.00 bits per heavy atom. The molecule has 0 amide bonds. The van der Waals surface area contributed by atoms with E-state index < -0.39 is 9.84 Å². The summed E-state index contributed by atoms with van der Waals surface area (Å²) in [7, 11) is -2.82. The van der Waals surface area contributed by atoms with Gasteiger partial charge in [0.25, 0.3) is 0 Å². The molecule has 2 rings (SSSR count). The van der Waals surface area contributed by atoms with Crippen LogP contribution in [-0.4, -0.2) is 26.5 Å². The van der Waals surface area contributed by atoms with Crippen molar-refractivity contribution in [2.75, 3.05) is 18.1 Å². The predicted octanol–water partition coefficient (Wildman–Crippen LogP) is 3.50. The third-order valence-electron chi connectivity index (χ3n) is 4.48. The molecule has 0 saturated carbocycles. The second-order valence-electron chi connectivity index (χ2n) is 7.07. The Hall–Kier alpha value is -0.870. The van der Waals surface area contributed by atoms with Crippen LogP contribution in [0.4, 0.5) is 0 Å². The monoisotopic (exact) mass is 323 g/mol. The van der Waals surface area contributed by atoms with Gasteiger partial charge in [0.1, 0.15) is 0 Å². The van der Waals surface area contributed by atoms with Gasteiger partial charge < -0.3 is 5.32 Å². The van der Waals surface area contributed by atoms with Gasteiger partial charge in [0, 0.05) is 6.04 Å². The minimum Gasteiger partial charge on any atom is -0.310 e. The average Bonchev–Trinajstić information content (AvgIpc) is 2.43. The number of sulfone groups is 1. The smallest absolute Gasteiger partial charge is 0.150 e. The summed E-state index contributed by atoms with van der Waals surface area (Å²) in [5.74, 6) is 1.59. The third-order valence-corrected chi connectivity index (χ3v) is 6.37. The van der Waals surface area contributed by atoms with E-state index in [1.807, 2.05) is 0 Å². The summed E-state index contributed by atoms with van der Waals surface area (Å²) in [6, 6.07) is 8.80. The lowest BCUT2D eigenvalue weighted by molar-refractivity contribution is 0.379. The Kier molecular flexibility index (Phi) is 6.04. The molecule has 0 radical (unpaired) electrons. The molecular formula is C18H29NO2S. The van der Waals surface area contributed by atoms with Gasteiger partial charge in [-0.1, -0.05) is 38.1 Å². The minimum atomic E-state index is -2.82. The minimum absolute atomic E-state index is 0.262. The van der Waals surface area contributed by atoms with Crippen molar-refractivity contribution >= 4 is 9.84 Å². The van der Waals surface area contributed by atoms with Crippen molar-refractivity contribution in [2.24, 2.45) is 11.8 Å². The van der Waals surface area contributed by atoms with Crippen LogP contribution in [0.3, 0.4) is 0 Å². The molecule has 1 fully saturated rings. The Bertz CT molecular complexity index is 581. The predicted molar refractivity (Wildman–Crippen MR) is 92.8 cm³/mol. The number of benzene rings is 1. The van der Waals surface area contributed by atoms with Crippen molar-refractivity contribution in [2.45, 2.75) is 46.1 Å². The van der Waals surface area contributed by atoms with Crippen LogP contribution in [0, 0.1) is 18.8 Å². The third kappa shape index (κ3) is 5.10. The maximum Gasteiger partial charge on any atom is 0.150 e. The van der Waals surface area contributed by atoms with E-state index in [-0.39, 0.29) is 5.92 Å². The van der Waals surface area contributed by atoms with E-state index in [1.165, 1.54) is 11.1 Å². The molecule has 0 aromatic heterocycles. The molecule has 0 unspecified atom stereocenters. The van der Waals surface area contributed by atoms with Gasteiger partial charge in [0.2, 0.25) is 0 Å². The van der Waals surface area contributed by atoms with Crippen LogP contribution in [0.1, 0.15) is 50.3 Å². The molecule has 1 aliphatic heterocycles. The lowest BCUT2D eigenvalue weighted by Crippen LogP contribution is -2.35. The van der Waals surface area contributed by atoms with Gasteiger partial charge in [-0.25, -0.2) is 8.42 Å². The van der Waals surface area contributed by atoms with Gasteiger partial charge in [-0.15, -0.1) is 0 Å². The van der Waals surface area contributed by atoms with E-state index in [4.69, 9.17) is 0 Å². The zero-order valence-electron chi connectivity index (χ0n) is 14.0. The van der Waals surface area contributed by atoms with Crippen LogP contribution in [0.5, 0.6) is 0 Å². The van der Waals surface area contributed by atoms with Crippen molar-refractivity contribution < 1.29 is 8.42 Å². The molecule has 1 N–H and O–H groups in total. The summed E-state index contributed by atoms with van der Waals surface area (Å²) in [4.78, 5) is 0. The van der Waals surface area contributed by atoms with E-state index in [0.29, 0.717) is 23.5 Å². The summed E-state index contributed by atoms with van der Waals surface area (Å²) in [5.41, 5.74) is 2.65. The molecular weight excluding hydrogens is 294 g/mol. The lowest BCUT2D eigenvalue weighted by Gasteiger charge is -2.27. The molecule has 2 atom stereocenters. The van der Waals surface area contributed by atoms with E-state index in [9.17, 15) is 8.42 Å². The van der Waals surface area contributed by atoms with Gasteiger partial charge >= 0.3 is 0 Å². The first-order valence-corrected chi connectivity index (χ1v) is 10.2. The zero-order valence-corrected chi connectivity index (χ0v) is 14.8. The maximum atomic E-state index is 11.8. The number of hydrogen-bond acceptors (Lipinski definition) is 3. The SMILES string of the molecule is Cc1ccccc1[C@H](CC(C)C)NC[C@H]1CCCS(=O)(=O)C1. The lowest BCUT2D eigenvalue weighted by atomic mass is 9.93. The quantitative estimate of drug-likeness (QED) is 0.871. The largest absolute Gasteiger partial charge is 0.310 e. The van der Waals surface area contributed by atoms with E-state index in [2.05, 4.69) is 50.4 Å². The molecule has 1 aliphatic rings. The van der Waals surface area contributed by atoms with Crippen LogP contribution in [0.2, 0.25) is 0 Å². The molecule has 3 nitrogen and oxygen atoms in total. The molecule has 4 heteroatoms. The molecule has 1 aromatic rings. The summed E-state index contributed by atoms with van der Waals surface area (Å²) >= 11 is 0. The van der Waals surface area contributed by atoms with Gasteiger partial charge in [-0.2, -0.15) is 0 Å². The molecule has 0 aliphatic carbocycles. The summed E-state index contributed by atoms with van der Waals surface area (Å²) in [6.45, 7) is 7.41. The Labute approximate surface area is 135 Å². The Balaban J connectivity index is 2.03. The van der Waals surface area contributed by atoms with Crippen molar-refractivity contribution in [3.8, 4) is 0 Å². The fourth-order valence-electron chi connectivity index (χ4n) is 3.36. The first-order valence-electron chi connectivity index (χ1n) is 8.36. The van der Waals surface area contributed by atoms with Crippen LogP contribution in [0.15, 0.2) is 24.3 Å². The average molecular weight is 324 g/mol. The van der Waals surface area contributed by atoms with Gasteiger partial charge in [-0.05, 0) is 55.7 Å². The van der Waals surface area contributed by atoms with Gasteiger partial charge in [0.15, 0.2) is 9.84 Å². The van der Waals surface area contributed by atoms with E-state index >= 15 is 0 Å². The molecule has 22 heavy (non-hydrogen) atoms. The van der Waals surface area contributed by atoms with E-state index in [0.717, 1.165) is 25.8 Å². The summed E-state index contributed by atoms with van der Waals surface area (Å²) < 4.78 is 23.6. The Morgan fingerprint density at radius 1 is 1.27 bits per heavy atom. The van der Waals surface area contributed by atoms with Gasteiger partial charge in [-0.3, -0.25) is 0 Å². The zero-order chi connectivity index (χ0) is 16.2. The normalized spacial score (nSPS) is 22.6. The number of rotatable bonds is 6. The highest BCUT2D eigenvalue weighted by Crippen LogP contribution is 2.25. The van der Waals surface area contributed by atoms with Gasteiger partial charge in [0.05, 0.1) is 11.5 Å². The first-order chi connectivity index (χ1) is 10.4. The standard InChI is InChI=1S/C18H29NO2S/c1-14(2)11-18(17-9-5-4-7-15(17)3)19-12-16-8-6-10-22(20,21)13-16/h4-5,7,9,14,16,18-19H,6,8,10-13H2,1-3H3/t16-,18+/m1/s1. The number of nitrogens with one attached hydrogen (secondary N) is 1. The Morgan fingerprint density at radius 3 is 2.64 bits per heavy atom. The molecule has 1 aromatic carbocycles. The fourth-order valence-corrected chi connectivity index (χ4v) is 5.13. The van der Waals surface area contributed by atoms with Crippen molar-refractivity contribution in [1.29, 1.82) is 0 Å². The van der Waals surface area contributed by atoms with Crippen LogP contribution in [-0.2, 0) is 9.84 Å². The second-order valence-corrected chi connectivity index (χ2v) is 9.30. The fraction of sp³-hybridized carbons (Fsp3) is 0.667. The van der Waals surface area contributed by atoms with Crippen LogP contribution in [0.25, 0.3) is 0 Å². The van der Waals surface area contributed by atoms with Crippen molar-refractivity contribution in [3.05, 3.63) is 35.4 Å². The molecule has 124 valence electrons. The van der Waals surface area contributed by atoms with E-state index in [1.54, 1.807) is 0 Å². The molecule has 1 saturated heterocycles. The topological polar surface area (TPSA) is 46.2 Å². The first kappa shape index (κ1) is 17.5. The van der Waals surface area contributed by atoms with Crippen molar-refractivity contribution in [1.82, 2.24) is 5.32 Å². The second kappa shape index (κ2) is 7.60. The summed E-state index contributed by atoms with van der Waals surface area (Å²) in [5, 5.41) is 3.65. The van der Waals surface area contributed by atoms with Crippen LogP contribution >= 0.6 is 0 Å². The highest BCUT2D eigenvalue weighted by atomic mass is 32.2. The summed E-state index contributed by atoms with van der Waals surface area (Å²) in [6.07, 6.45) is 2.91. The number of hydrogen-bond donors (Lipinski definition) is 1. The molecule has 0 bridgehead atoms.